The van der Waals surface area contributed by atoms with Gasteiger partial charge in [-0.2, -0.15) is 0 Å². The molecule has 3 aliphatic rings. The highest BCUT2D eigenvalue weighted by Crippen LogP contribution is 2.33. The third-order valence-corrected chi connectivity index (χ3v) is 6.13. The summed E-state index contributed by atoms with van der Waals surface area (Å²) in [5, 5.41) is 12.2. The van der Waals surface area contributed by atoms with Crippen LogP contribution in [0.25, 0.3) is 0 Å². The van der Waals surface area contributed by atoms with Crippen LogP contribution < -0.4 is 26.2 Å². The predicted octanol–water partition coefficient (Wildman–Crippen LogP) is 2.22. The van der Waals surface area contributed by atoms with Gasteiger partial charge in [0.25, 0.3) is 5.91 Å². The van der Waals surface area contributed by atoms with E-state index in [1.807, 2.05) is 6.92 Å². The van der Waals surface area contributed by atoms with Crippen LogP contribution >= 0.6 is 0 Å². The Kier molecular flexibility index (Phi) is 6.22. The molecular weight excluding hydrogens is 382 g/mol. The van der Waals surface area contributed by atoms with E-state index in [0.29, 0.717) is 23.5 Å². The van der Waals surface area contributed by atoms with Gasteiger partial charge in [-0.1, -0.05) is 12.8 Å². The second-order valence-electron chi connectivity index (χ2n) is 8.66. The van der Waals surface area contributed by atoms with Gasteiger partial charge in [-0.25, -0.2) is 4.79 Å². The highest BCUT2D eigenvalue weighted by molar-refractivity contribution is 6.06. The molecule has 0 spiro atoms. The first-order valence-corrected chi connectivity index (χ1v) is 11.0. The van der Waals surface area contributed by atoms with Crippen LogP contribution in [0, 0.1) is 5.92 Å². The fourth-order valence-corrected chi connectivity index (χ4v) is 4.20. The van der Waals surface area contributed by atoms with E-state index in [1.54, 1.807) is 23.1 Å². The van der Waals surface area contributed by atoms with Gasteiger partial charge in [0.05, 0.1) is 11.4 Å². The zero-order valence-electron chi connectivity index (χ0n) is 17.5. The van der Waals surface area contributed by atoms with E-state index in [2.05, 4.69) is 21.3 Å². The van der Waals surface area contributed by atoms with Crippen LogP contribution in [0.4, 0.5) is 16.2 Å². The van der Waals surface area contributed by atoms with E-state index >= 15 is 0 Å². The minimum absolute atomic E-state index is 0.123. The predicted molar refractivity (Wildman–Crippen MR) is 116 cm³/mol. The smallest absolute Gasteiger partial charge is 0.322 e. The number of fused-ring (bicyclic) bond motifs is 1. The molecule has 4 amide bonds. The van der Waals surface area contributed by atoms with Gasteiger partial charge in [0, 0.05) is 30.6 Å². The summed E-state index contributed by atoms with van der Waals surface area (Å²) in [6.45, 7) is 4.30. The van der Waals surface area contributed by atoms with Gasteiger partial charge in [-0.15, -0.1) is 0 Å². The van der Waals surface area contributed by atoms with Crippen LogP contribution in [0.3, 0.4) is 0 Å². The van der Waals surface area contributed by atoms with Gasteiger partial charge in [-0.3, -0.25) is 14.5 Å². The molecule has 1 atom stereocenters. The van der Waals surface area contributed by atoms with Crippen LogP contribution in [0.1, 0.15) is 55.8 Å². The lowest BCUT2D eigenvalue weighted by Crippen LogP contribution is -2.51. The molecule has 2 fully saturated rings. The number of rotatable bonds is 5. The molecule has 2 heterocycles. The topological polar surface area (TPSA) is 103 Å². The summed E-state index contributed by atoms with van der Waals surface area (Å²) in [7, 11) is 0. The molecule has 1 saturated heterocycles. The number of carbonyl (C=O) groups excluding carboxylic acids is 3. The van der Waals surface area contributed by atoms with Crippen molar-refractivity contribution in [3.63, 3.8) is 0 Å². The lowest BCUT2D eigenvalue weighted by Gasteiger charge is -2.31. The Morgan fingerprint density at radius 3 is 2.67 bits per heavy atom. The Morgan fingerprint density at radius 1 is 1.17 bits per heavy atom. The summed E-state index contributed by atoms with van der Waals surface area (Å²) in [4.78, 5) is 39.6. The van der Waals surface area contributed by atoms with Crippen LogP contribution in [-0.2, 0) is 4.79 Å². The standard InChI is InChI=1S/C22H31N5O3/c1-14-12-20(28)26-18-13-16(21(29)24-11-6-15-2-3-15)4-5-19(18)27(14)22(30)25-17-7-9-23-10-8-17/h4-5,13-15,17,23H,2-3,6-12H2,1H3,(H,24,29)(H,25,30)(H,26,28)/t14-/m0/s1. The van der Waals surface area contributed by atoms with Crippen molar-refractivity contribution in [1.82, 2.24) is 16.0 Å². The number of piperidine rings is 1. The fourth-order valence-electron chi connectivity index (χ4n) is 4.20. The molecule has 2 aliphatic heterocycles. The summed E-state index contributed by atoms with van der Waals surface area (Å²) < 4.78 is 0. The molecule has 4 N–H and O–H groups in total. The SMILES string of the molecule is C[C@H]1CC(=O)Nc2cc(C(=O)NCCC3CC3)ccc2N1C(=O)NC1CCNCC1. The van der Waals surface area contributed by atoms with Crippen molar-refractivity contribution < 1.29 is 14.4 Å². The maximum atomic E-state index is 13.1. The van der Waals surface area contributed by atoms with Crippen molar-refractivity contribution >= 4 is 29.2 Å². The molecule has 1 aromatic carbocycles. The molecule has 0 radical (unpaired) electrons. The maximum absolute atomic E-state index is 13.1. The van der Waals surface area contributed by atoms with Crippen LogP contribution in [0.15, 0.2) is 18.2 Å². The average molecular weight is 414 g/mol. The Hall–Kier alpha value is -2.61. The molecule has 1 aliphatic carbocycles. The Bertz CT molecular complexity index is 817. The van der Waals surface area contributed by atoms with E-state index in [1.165, 1.54) is 12.8 Å². The second-order valence-corrected chi connectivity index (χ2v) is 8.66. The maximum Gasteiger partial charge on any atom is 0.322 e. The quantitative estimate of drug-likeness (QED) is 0.594. The van der Waals surface area contributed by atoms with E-state index in [0.717, 1.165) is 38.3 Å². The molecule has 1 aromatic rings. The van der Waals surface area contributed by atoms with E-state index in [9.17, 15) is 14.4 Å². The molecule has 30 heavy (non-hydrogen) atoms. The number of anilines is 2. The van der Waals surface area contributed by atoms with E-state index in [4.69, 9.17) is 0 Å². The second kappa shape index (κ2) is 9.04. The number of hydrogen-bond donors (Lipinski definition) is 4. The van der Waals surface area contributed by atoms with Crippen LogP contribution in [0.5, 0.6) is 0 Å². The summed E-state index contributed by atoms with van der Waals surface area (Å²) in [5.41, 5.74) is 1.60. The number of nitrogens with one attached hydrogen (secondary N) is 4. The lowest BCUT2D eigenvalue weighted by molar-refractivity contribution is -0.116. The Balaban J connectivity index is 1.51. The fraction of sp³-hybridized carbons (Fsp3) is 0.591. The van der Waals surface area contributed by atoms with Gasteiger partial charge < -0.3 is 21.3 Å². The monoisotopic (exact) mass is 413 g/mol. The number of hydrogen-bond acceptors (Lipinski definition) is 4. The Morgan fingerprint density at radius 2 is 1.93 bits per heavy atom. The highest BCUT2D eigenvalue weighted by Gasteiger charge is 2.31. The summed E-state index contributed by atoms with van der Waals surface area (Å²) >= 11 is 0. The number of benzene rings is 1. The Labute approximate surface area is 177 Å². The van der Waals surface area contributed by atoms with Crippen LogP contribution in [-0.4, -0.2) is 49.6 Å². The first-order valence-electron chi connectivity index (χ1n) is 11.0. The van der Waals surface area contributed by atoms with Gasteiger partial charge in [0.2, 0.25) is 5.91 Å². The van der Waals surface area contributed by atoms with Crippen molar-refractivity contribution in [2.45, 2.75) is 57.5 Å². The molecule has 8 nitrogen and oxygen atoms in total. The molecule has 0 unspecified atom stereocenters. The van der Waals surface area contributed by atoms with Crippen molar-refractivity contribution in [3.8, 4) is 0 Å². The zero-order valence-corrected chi connectivity index (χ0v) is 17.5. The lowest BCUT2D eigenvalue weighted by atomic mass is 10.1. The van der Waals surface area contributed by atoms with Crippen molar-refractivity contribution in [2.24, 2.45) is 5.92 Å². The van der Waals surface area contributed by atoms with E-state index < -0.39 is 0 Å². The van der Waals surface area contributed by atoms with Gasteiger partial charge in [0.1, 0.15) is 0 Å². The molecule has 1 saturated carbocycles. The normalized spacial score (nSPS) is 22.0. The largest absolute Gasteiger partial charge is 0.352 e. The van der Waals surface area contributed by atoms with Gasteiger partial charge in [0.15, 0.2) is 0 Å². The number of amides is 4. The molecule has 0 bridgehead atoms. The van der Waals surface area contributed by atoms with Gasteiger partial charge in [-0.05, 0) is 63.4 Å². The third-order valence-electron chi connectivity index (χ3n) is 6.13. The zero-order chi connectivity index (χ0) is 21.1. The molecule has 0 aromatic heterocycles. The average Bonchev–Trinajstić information content (AvgIpc) is 3.54. The summed E-state index contributed by atoms with van der Waals surface area (Å²) in [6, 6.07) is 4.79. The van der Waals surface area contributed by atoms with Crippen molar-refractivity contribution in [2.75, 3.05) is 29.9 Å². The third kappa shape index (κ3) is 4.92. The summed E-state index contributed by atoms with van der Waals surface area (Å²) in [6.07, 6.45) is 5.51. The first-order chi connectivity index (χ1) is 14.5. The summed E-state index contributed by atoms with van der Waals surface area (Å²) in [5.74, 6) is 0.438. The molecule has 162 valence electrons. The number of nitrogens with zero attached hydrogens (tertiary/aromatic N) is 1. The van der Waals surface area contributed by atoms with Crippen molar-refractivity contribution in [3.05, 3.63) is 23.8 Å². The highest BCUT2D eigenvalue weighted by atomic mass is 16.2. The minimum atomic E-state index is -0.286. The van der Waals surface area contributed by atoms with E-state index in [-0.39, 0.29) is 36.3 Å². The number of carbonyl (C=O) groups is 3. The van der Waals surface area contributed by atoms with Gasteiger partial charge >= 0.3 is 6.03 Å². The first kappa shape index (κ1) is 20.7. The van der Waals surface area contributed by atoms with Crippen molar-refractivity contribution in [1.29, 1.82) is 0 Å². The molecule has 8 heteroatoms. The molecule has 4 rings (SSSR count). The number of urea groups is 1. The minimum Gasteiger partial charge on any atom is -0.352 e. The molecular formula is C22H31N5O3. The van der Waals surface area contributed by atoms with Crippen LogP contribution in [0.2, 0.25) is 0 Å².